The molecular weight excluding hydrogens is 501 g/mol. The van der Waals surface area contributed by atoms with Gasteiger partial charge in [0.15, 0.2) is 4.80 Å². The summed E-state index contributed by atoms with van der Waals surface area (Å²) in [6.07, 6.45) is 2.72. The molecule has 0 saturated heterocycles. The van der Waals surface area contributed by atoms with Crippen LogP contribution in [0.2, 0.25) is 0 Å². The third-order valence-corrected chi connectivity index (χ3v) is 7.12. The number of para-hydroxylation sites is 1. The van der Waals surface area contributed by atoms with Crippen LogP contribution in [0.15, 0.2) is 99.9 Å². The summed E-state index contributed by atoms with van der Waals surface area (Å²) in [4.78, 5) is 32.4. The second-order valence-corrected chi connectivity index (χ2v) is 9.88. The maximum absolute atomic E-state index is 13.8. The van der Waals surface area contributed by atoms with Gasteiger partial charge in [-0.15, -0.1) is 0 Å². The fourth-order valence-electron chi connectivity index (χ4n) is 4.32. The molecule has 4 aromatic rings. The average molecular weight is 528 g/mol. The Hall–Kier alpha value is -4.30. The van der Waals surface area contributed by atoms with E-state index in [1.165, 1.54) is 28.0 Å². The molecule has 0 saturated carbocycles. The Morgan fingerprint density at radius 2 is 1.79 bits per heavy atom. The van der Waals surface area contributed by atoms with Crippen molar-refractivity contribution in [2.75, 3.05) is 11.9 Å². The molecule has 0 bridgehead atoms. The fraction of sp³-hybridized carbons (Fsp3) is 0.167. The number of hydrogen-bond donors (Lipinski definition) is 1. The van der Waals surface area contributed by atoms with Gasteiger partial charge in [-0.25, -0.2) is 9.38 Å². The molecule has 0 spiro atoms. The largest absolute Gasteiger partial charge is 0.494 e. The fourth-order valence-corrected chi connectivity index (χ4v) is 5.37. The molecule has 1 N–H and O–H groups in total. The van der Waals surface area contributed by atoms with Crippen molar-refractivity contribution in [2.24, 2.45) is 4.99 Å². The standard InChI is InChI=1S/C30H26FN3O3S/c1-3-17-37-24-15-9-20(10-16-24)18-25-29(36)34-27(21-11-13-22(31)14-12-21)26(19(2)32-30(34)38-25)28(35)33-23-7-5-4-6-8-23/h4-16,18,27H,3,17H2,1-2H3,(H,33,35)/b25-18-/t27-/m1/s1. The average Bonchev–Trinajstić information content (AvgIpc) is 3.22. The van der Waals surface area contributed by atoms with E-state index in [4.69, 9.17) is 4.74 Å². The quantitative estimate of drug-likeness (QED) is 0.375. The van der Waals surface area contributed by atoms with Gasteiger partial charge in [-0.05, 0) is 66.9 Å². The van der Waals surface area contributed by atoms with E-state index in [0.29, 0.717) is 38.5 Å². The minimum atomic E-state index is -0.762. The summed E-state index contributed by atoms with van der Waals surface area (Å²) in [6, 6.07) is 21.7. The van der Waals surface area contributed by atoms with E-state index >= 15 is 0 Å². The lowest BCUT2D eigenvalue weighted by atomic mass is 9.95. The Morgan fingerprint density at radius 3 is 2.47 bits per heavy atom. The highest BCUT2D eigenvalue weighted by Crippen LogP contribution is 2.31. The van der Waals surface area contributed by atoms with Crippen LogP contribution in [0.1, 0.15) is 37.4 Å². The van der Waals surface area contributed by atoms with Crippen LogP contribution in [-0.4, -0.2) is 17.1 Å². The van der Waals surface area contributed by atoms with E-state index in [-0.39, 0.29) is 11.5 Å². The Bertz CT molecular complexity index is 1670. The molecule has 5 rings (SSSR count). The lowest BCUT2D eigenvalue weighted by Gasteiger charge is -2.25. The van der Waals surface area contributed by atoms with E-state index in [1.54, 1.807) is 37.3 Å². The van der Waals surface area contributed by atoms with Crippen molar-refractivity contribution in [3.8, 4) is 5.75 Å². The summed E-state index contributed by atoms with van der Waals surface area (Å²) in [7, 11) is 0. The SMILES string of the molecule is CCCOc1ccc(/C=c2\sc3n(c2=O)[C@H](c2ccc(F)cc2)C(C(=O)Nc2ccccc2)=C(C)N=3)cc1. The number of aromatic nitrogens is 1. The van der Waals surface area contributed by atoms with Crippen LogP contribution in [0.5, 0.6) is 5.75 Å². The number of hydrogen-bond acceptors (Lipinski definition) is 5. The molecule has 0 radical (unpaired) electrons. The first kappa shape index (κ1) is 25.4. The normalized spacial score (nSPS) is 15.1. The molecule has 3 aromatic carbocycles. The topological polar surface area (TPSA) is 72.7 Å². The smallest absolute Gasteiger partial charge is 0.271 e. The first-order valence-electron chi connectivity index (χ1n) is 12.3. The first-order valence-corrected chi connectivity index (χ1v) is 13.1. The summed E-state index contributed by atoms with van der Waals surface area (Å²) < 4.78 is 21.5. The highest BCUT2D eigenvalue weighted by atomic mass is 32.1. The molecule has 0 aliphatic carbocycles. The van der Waals surface area contributed by atoms with Crippen LogP contribution in [0.25, 0.3) is 6.08 Å². The zero-order valence-electron chi connectivity index (χ0n) is 21.0. The molecule has 8 heteroatoms. The molecule has 1 amide bonds. The lowest BCUT2D eigenvalue weighted by Crippen LogP contribution is -2.40. The number of halogens is 1. The summed E-state index contributed by atoms with van der Waals surface area (Å²) >= 11 is 1.25. The molecule has 0 unspecified atom stereocenters. The number of rotatable bonds is 7. The number of carbonyl (C=O) groups is 1. The van der Waals surface area contributed by atoms with Crippen molar-refractivity contribution in [1.82, 2.24) is 4.57 Å². The van der Waals surface area contributed by atoms with Gasteiger partial charge in [0.25, 0.3) is 11.5 Å². The zero-order chi connectivity index (χ0) is 26.6. The molecule has 192 valence electrons. The molecular formula is C30H26FN3O3S. The second-order valence-electron chi connectivity index (χ2n) is 8.87. The van der Waals surface area contributed by atoms with Gasteiger partial charge in [-0.3, -0.25) is 14.2 Å². The predicted molar refractivity (Wildman–Crippen MR) is 147 cm³/mol. The Balaban J connectivity index is 1.60. The number of thiazole rings is 1. The molecule has 1 aliphatic rings. The van der Waals surface area contributed by atoms with Gasteiger partial charge in [0.1, 0.15) is 11.6 Å². The number of fused-ring (bicyclic) bond motifs is 1. The molecule has 1 atom stereocenters. The predicted octanol–water partition coefficient (Wildman–Crippen LogP) is 4.80. The monoisotopic (exact) mass is 527 g/mol. The van der Waals surface area contributed by atoms with Crippen molar-refractivity contribution >= 4 is 29.0 Å². The maximum atomic E-state index is 13.8. The minimum absolute atomic E-state index is 0.271. The number of carbonyl (C=O) groups excluding carboxylic acids is 1. The number of benzene rings is 3. The van der Waals surface area contributed by atoms with Gasteiger partial charge < -0.3 is 10.1 Å². The molecule has 6 nitrogen and oxygen atoms in total. The summed E-state index contributed by atoms with van der Waals surface area (Å²) in [5.74, 6) is -0.00121. The number of nitrogens with zero attached hydrogens (tertiary/aromatic N) is 2. The summed E-state index contributed by atoms with van der Waals surface area (Å²) in [5, 5.41) is 2.91. The molecule has 1 aliphatic heterocycles. The van der Waals surface area contributed by atoms with E-state index in [2.05, 4.69) is 10.3 Å². The highest BCUT2D eigenvalue weighted by Gasteiger charge is 2.32. The van der Waals surface area contributed by atoms with Gasteiger partial charge in [0.05, 0.1) is 28.5 Å². The summed E-state index contributed by atoms with van der Waals surface area (Å²) in [5.41, 5.74) is 2.64. The van der Waals surface area contributed by atoms with Gasteiger partial charge in [0.2, 0.25) is 0 Å². The second kappa shape index (κ2) is 11.0. The van der Waals surface area contributed by atoms with E-state index in [0.717, 1.165) is 17.7 Å². The van der Waals surface area contributed by atoms with Crippen LogP contribution in [0, 0.1) is 5.82 Å². The Kier molecular flexibility index (Phi) is 7.33. The van der Waals surface area contributed by atoms with Crippen LogP contribution in [0.3, 0.4) is 0 Å². The van der Waals surface area contributed by atoms with E-state index < -0.39 is 11.9 Å². The van der Waals surface area contributed by atoms with Crippen molar-refractivity contribution in [2.45, 2.75) is 26.3 Å². The van der Waals surface area contributed by atoms with E-state index in [9.17, 15) is 14.0 Å². The number of nitrogens with one attached hydrogen (secondary N) is 1. The Labute approximate surface area is 223 Å². The van der Waals surface area contributed by atoms with Gasteiger partial charge in [-0.1, -0.05) is 60.7 Å². The third kappa shape index (κ3) is 5.21. The number of anilines is 1. The van der Waals surface area contributed by atoms with Crippen LogP contribution >= 0.6 is 11.3 Å². The highest BCUT2D eigenvalue weighted by molar-refractivity contribution is 7.07. The van der Waals surface area contributed by atoms with Crippen molar-refractivity contribution in [1.29, 1.82) is 0 Å². The number of amides is 1. The van der Waals surface area contributed by atoms with Gasteiger partial charge >= 0.3 is 0 Å². The Morgan fingerprint density at radius 1 is 1.08 bits per heavy atom. The van der Waals surface area contributed by atoms with E-state index in [1.807, 2.05) is 49.4 Å². The van der Waals surface area contributed by atoms with Crippen LogP contribution in [-0.2, 0) is 4.79 Å². The third-order valence-electron chi connectivity index (χ3n) is 6.13. The molecule has 2 heterocycles. The van der Waals surface area contributed by atoms with Crippen molar-refractivity contribution in [3.63, 3.8) is 0 Å². The van der Waals surface area contributed by atoms with Crippen LogP contribution in [0.4, 0.5) is 10.1 Å². The summed E-state index contributed by atoms with van der Waals surface area (Å²) in [6.45, 7) is 4.44. The molecule has 0 fully saturated rings. The molecule has 38 heavy (non-hydrogen) atoms. The number of ether oxygens (including phenoxy) is 1. The number of allylic oxidation sites excluding steroid dienone is 1. The maximum Gasteiger partial charge on any atom is 0.271 e. The first-order chi connectivity index (χ1) is 18.4. The van der Waals surface area contributed by atoms with Crippen LogP contribution < -0.4 is 24.9 Å². The van der Waals surface area contributed by atoms with Crippen molar-refractivity contribution < 1.29 is 13.9 Å². The molecule has 1 aromatic heterocycles. The minimum Gasteiger partial charge on any atom is -0.494 e. The van der Waals surface area contributed by atoms with Crippen molar-refractivity contribution in [3.05, 3.63) is 127 Å². The van der Waals surface area contributed by atoms with Gasteiger partial charge in [-0.2, -0.15) is 0 Å². The lowest BCUT2D eigenvalue weighted by molar-refractivity contribution is -0.113. The van der Waals surface area contributed by atoms with Gasteiger partial charge in [0, 0.05) is 5.69 Å². The zero-order valence-corrected chi connectivity index (χ0v) is 21.8.